The van der Waals surface area contributed by atoms with E-state index < -0.39 is 11.9 Å². The monoisotopic (exact) mass is 316 g/mol. The number of amides is 1. The minimum Gasteiger partial charge on any atom is -0.463 e. The van der Waals surface area contributed by atoms with Gasteiger partial charge in [0.2, 0.25) is 5.91 Å². The molecule has 22 heavy (non-hydrogen) atoms. The summed E-state index contributed by atoms with van der Waals surface area (Å²) in [5, 5.41) is 4.97. The Morgan fingerprint density at radius 2 is 2.00 bits per heavy atom. The van der Waals surface area contributed by atoms with E-state index in [2.05, 4.69) is 10.3 Å². The van der Waals surface area contributed by atoms with Crippen LogP contribution in [0, 0.1) is 6.92 Å². The Bertz CT molecular complexity index is 690. The maximum Gasteiger partial charge on any atom is 0.330 e. The van der Waals surface area contributed by atoms with Crippen LogP contribution in [0.3, 0.4) is 0 Å². The Morgan fingerprint density at radius 1 is 1.27 bits per heavy atom. The molecule has 0 aliphatic carbocycles. The van der Waals surface area contributed by atoms with Gasteiger partial charge in [-0.25, -0.2) is 9.78 Å². The summed E-state index contributed by atoms with van der Waals surface area (Å²) in [5.41, 5.74) is 2.97. The number of carbonyl (C=O) groups is 2. The van der Waals surface area contributed by atoms with Gasteiger partial charge in [-0.1, -0.05) is 29.8 Å². The van der Waals surface area contributed by atoms with E-state index in [4.69, 9.17) is 4.74 Å². The van der Waals surface area contributed by atoms with Crippen molar-refractivity contribution >= 4 is 28.3 Å². The highest BCUT2D eigenvalue weighted by molar-refractivity contribution is 7.14. The topological polar surface area (TPSA) is 68.3 Å². The third-order valence-corrected chi connectivity index (χ3v) is 3.50. The second kappa shape index (κ2) is 7.51. The molecule has 0 spiro atoms. The zero-order valence-corrected chi connectivity index (χ0v) is 13.1. The third-order valence-electron chi connectivity index (χ3n) is 2.74. The maximum atomic E-state index is 11.7. The van der Waals surface area contributed by atoms with Crippen molar-refractivity contribution in [3.05, 3.63) is 47.4 Å². The largest absolute Gasteiger partial charge is 0.463 e. The molecule has 0 radical (unpaired) electrons. The second-order valence-corrected chi connectivity index (χ2v) is 5.34. The first kappa shape index (κ1) is 15.9. The van der Waals surface area contributed by atoms with Gasteiger partial charge in [0.1, 0.15) is 0 Å². The van der Waals surface area contributed by atoms with Crippen LogP contribution in [0.5, 0.6) is 0 Å². The second-order valence-electron chi connectivity index (χ2n) is 4.48. The highest BCUT2D eigenvalue weighted by Crippen LogP contribution is 2.25. The molecule has 5 nitrogen and oxygen atoms in total. The van der Waals surface area contributed by atoms with Crippen LogP contribution in [0.15, 0.2) is 41.8 Å². The minimum absolute atomic E-state index is 0.275. The minimum atomic E-state index is -0.544. The highest BCUT2D eigenvalue weighted by Gasteiger charge is 2.06. The molecule has 0 saturated heterocycles. The molecule has 1 amide bonds. The van der Waals surface area contributed by atoms with Crippen molar-refractivity contribution in [2.75, 3.05) is 11.9 Å². The number of aromatic nitrogens is 1. The van der Waals surface area contributed by atoms with Gasteiger partial charge in [-0.2, -0.15) is 0 Å². The average Bonchev–Trinajstić information content (AvgIpc) is 2.95. The van der Waals surface area contributed by atoms with Gasteiger partial charge in [0, 0.05) is 23.1 Å². The smallest absolute Gasteiger partial charge is 0.330 e. The molecule has 0 fully saturated rings. The molecule has 1 aromatic carbocycles. The Morgan fingerprint density at radius 3 is 2.68 bits per heavy atom. The Kier molecular flexibility index (Phi) is 5.43. The fourth-order valence-corrected chi connectivity index (χ4v) is 2.39. The van der Waals surface area contributed by atoms with Gasteiger partial charge < -0.3 is 4.74 Å². The van der Waals surface area contributed by atoms with Gasteiger partial charge >= 0.3 is 5.97 Å². The number of anilines is 1. The fraction of sp³-hybridized carbons (Fsp3) is 0.188. The first-order chi connectivity index (χ1) is 10.6. The Balaban J connectivity index is 1.98. The standard InChI is InChI=1S/C16H16N2O3S/c1-3-21-15(20)9-8-14(19)18-16-17-13(10-22-16)12-6-4-11(2)5-7-12/h4-10H,3H2,1-2H3,(H,17,18,19)/b9-8-. The van der Waals surface area contributed by atoms with Crippen LogP contribution in [-0.4, -0.2) is 23.5 Å². The lowest BCUT2D eigenvalue weighted by Crippen LogP contribution is -2.09. The van der Waals surface area contributed by atoms with Crippen molar-refractivity contribution in [3.8, 4) is 11.3 Å². The number of aryl methyl sites for hydroxylation is 1. The van der Waals surface area contributed by atoms with Gasteiger partial charge in [-0.15, -0.1) is 11.3 Å². The van der Waals surface area contributed by atoms with E-state index in [1.165, 1.54) is 16.9 Å². The van der Waals surface area contributed by atoms with Crippen LogP contribution < -0.4 is 5.32 Å². The number of hydrogen-bond acceptors (Lipinski definition) is 5. The molecule has 6 heteroatoms. The van der Waals surface area contributed by atoms with Crippen LogP contribution in [0.2, 0.25) is 0 Å². The number of carbonyl (C=O) groups excluding carboxylic acids is 2. The molecule has 0 saturated carbocycles. The predicted molar refractivity (Wildman–Crippen MR) is 86.7 cm³/mol. The Labute approximate surface area is 132 Å². The number of esters is 1. The molecular formula is C16H16N2O3S. The quantitative estimate of drug-likeness (QED) is 0.679. The molecule has 0 aliphatic heterocycles. The number of benzene rings is 1. The summed E-state index contributed by atoms with van der Waals surface area (Å²) in [7, 11) is 0. The normalized spacial score (nSPS) is 10.6. The average molecular weight is 316 g/mol. The van der Waals surface area contributed by atoms with Crippen molar-refractivity contribution in [2.24, 2.45) is 0 Å². The lowest BCUT2D eigenvalue weighted by atomic mass is 10.1. The summed E-state index contributed by atoms with van der Waals surface area (Å²) in [6, 6.07) is 7.98. The van der Waals surface area contributed by atoms with E-state index in [0.717, 1.165) is 23.4 Å². The van der Waals surface area contributed by atoms with Crippen LogP contribution in [-0.2, 0) is 14.3 Å². The molecule has 1 aromatic heterocycles. The molecular weight excluding hydrogens is 300 g/mol. The zero-order valence-electron chi connectivity index (χ0n) is 12.3. The summed E-state index contributed by atoms with van der Waals surface area (Å²) < 4.78 is 4.70. The molecule has 0 atom stereocenters. The van der Waals surface area contributed by atoms with E-state index >= 15 is 0 Å². The number of ether oxygens (including phenoxy) is 1. The van der Waals surface area contributed by atoms with E-state index in [0.29, 0.717) is 5.13 Å². The molecule has 1 N–H and O–H groups in total. The van der Waals surface area contributed by atoms with Crippen LogP contribution in [0.1, 0.15) is 12.5 Å². The molecule has 0 unspecified atom stereocenters. The number of nitrogens with one attached hydrogen (secondary N) is 1. The summed E-state index contributed by atoms with van der Waals surface area (Å²) in [5.74, 6) is -0.963. The number of thiazole rings is 1. The lowest BCUT2D eigenvalue weighted by Gasteiger charge is -1.98. The SMILES string of the molecule is CCOC(=O)/C=C\C(=O)Nc1nc(-c2ccc(C)cc2)cs1. The molecule has 114 valence electrons. The van der Waals surface area contributed by atoms with E-state index in [1.807, 2.05) is 36.6 Å². The molecule has 1 heterocycles. The van der Waals surface area contributed by atoms with Crippen LogP contribution in [0.25, 0.3) is 11.3 Å². The highest BCUT2D eigenvalue weighted by atomic mass is 32.1. The van der Waals surface area contributed by atoms with Crippen LogP contribution >= 0.6 is 11.3 Å². The van der Waals surface area contributed by atoms with Gasteiger partial charge in [-0.05, 0) is 13.8 Å². The van der Waals surface area contributed by atoms with E-state index in [9.17, 15) is 9.59 Å². The lowest BCUT2D eigenvalue weighted by molar-refractivity contribution is -0.137. The van der Waals surface area contributed by atoms with Crippen molar-refractivity contribution < 1.29 is 14.3 Å². The van der Waals surface area contributed by atoms with E-state index in [-0.39, 0.29) is 6.61 Å². The van der Waals surface area contributed by atoms with Crippen molar-refractivity contribution in [2.45, 2.75) is 13.8 Å². The number of nitrogens with zero attached hydrogens (tertiary/aromatic N) is 1. The zero-order chi connectivity index (χ0) is 15.9. The van der Waals surface area contributed by atoms with E-state index in [1.54, 1.807) is 6.92 Å². The van der Waals surface area contributed by atoms with Gasteiger partial charge in [-0.3, -0.25) is 10.1 Å². The van der Waals surface area contributed by atoms with Gasteiger partial charge in [0.25, 0.3) is 0 Å². The van der Waals surface area contributed by atoms with Crippen LogP contribution in [0.4, 0.5) is 5.13 Å². The molecule has 0 aliphatic rings. The first-order valence-corrected chi connectivity index (χ1v) is 7.65. The van der Waals surface area contributed by atoms with Crippen molar-refractivity contribution in [1.29, 1.82) is 0 Å². The molecule has 0 bridgehead atoms. The number of rotatable bonds is 5. The maximum absolute atomic E-state index is 11.7. The fourth-order valence-electron chi connectivity index (χ4n) is 1.67. The summed E-state index contributed by atoms with van der Waals surface area (Å²) in [6.45, 7) is 4.00. The summed E-state index contributed by atoms with van der Waals surface area (Å²) in [4.78, 5) is 27.1. The number of hydrogen-bond donors (Lipinski definition) is 1. The first-order valence-electron chi connectivity index (χ1n) is 6.77. The molecule has 2 aromatic rings. The third kappa shape index (κ3) is 4.53. The summed E-state index contributed by atoms with van der Waals surface area (Å²) in [6.07, 6.45) is 2.22. The van der Waals surface area contributed by atoms with Gasteiger partial charge in [0.15, 0.2) is 5.13 Å². The van der Waals surface area contributed by atoms with Gasteiger partial charge in [0.05, 0.1) is 12.3 Å². The van der Waals surface area contributed by atoms with Crippen molar-refractivity contribution in [1.82, 2.24) is 4.98 Å². The van der Waals surface area contributed by atoms with Crippen molar-refractivity contribution in [3.63, 3.8) is 0 Å². The predicted octanol–water partition coefficient (Wildman–Crippen LogP) is 3.18. The summed E-state index contributed by atoms with van der Waals surface area (Å²) >= 11 is 1.33. The molecule has 2 rings (SSSR count). The Hall–Kier alpha value is -2.47.